The van der Waals surface area contributed by atoms with Crippen molar-refractivity contribution in [3.8, 4) is 0 Å². The summed E-state index contributed by atoms with van der Waals surface area (Å²) in [6.45, 7) is 4.04. The first-order valence-corrected chi connectivity index (χ1v) is 10.1. The Balaban J connectivity index is 1.77. The molecule has 0 bridgehead atoms. The lowest BCUT2D eigenvalue weighted by Gasteiger charge is -2.23. The highest BCUT2D eigenvalue weighted by atomic mass is 32.2. The van der Waals surface area contributed by atoms with Crippen LogP contribution in [0.4, 0.5) is 0 Å². The fourth-order valence-corrected chi connectivity index (χ4v) is 5.98. The molecule has 0 aromatic heterocycles. The Morgan fingerprint density at radius 1 is 1.32 bits per heavy atom. The maximum Gasteiger partial charge on any atom is 0.212 e. The highest BCUT2D eigenvalue weighted by Crippen LogP contribution is 2.30. The SMILES string of the molecule is CCSC1CCC(NS(=O)(=O)CC2CCCNC2)C1. The van der Waals surface area contributed by atoms with E-state index in [1.54, 1.807) is 0 Å². The minimum Gasteiger partial charge on any atom is -0.316 e. The minimum atomic E-state index is -3.10. The smallest absolute Gasteiger partial charge is 0.212 e. The molecule has 0 spiro atoms. The molecular weight excluding hydrogens is 280 g/mol. The molecule has 6 heteroatoms. The standard InChI is InChI=1S/C13H26N2O2S2/c1-2-18-13-6-5-12(8-13)15-19(16,17)10-11-4-3-7-14-9-11/h11-15H,2-10H2,1H3. The second kappa shape index (κ2) is 7.29. The molecule has 2 fully saturated rings. The Labute approximate surface area is 121 Å². The predicted octanol–water partition coefficient (Wildman–Crippen LogP) is 1.58. The third-order valence-electron chi connectivity index (χ3n) is 3.99. The van der Waals surface area contributed by atoms with Crippen LogP contribution in [-0.2, 0) is 10.0 Å². The highest BCUT2D eigenvalue weighted by Gasteiger charge is 2.29. The van der Waals surface area contributed by atoms with E-state index >= 15 is 0 Å². The fraction of sp³-hybridized carbons (Fsp3) is 1.00. The van der Waals surface area contributed by atoms with E-state index in [4.69, 9.17) is 0 Å². The van der Waals surface area contributed by atoms with E-state index in [-0.39, 0.29) is 12.0 Å². The molecule has 19 heavy (non-hydrogen) atoms. The molecule has 0 radical (unpaired) electrons. The van der Waals surface area contributed by atoms with Crippen molar-refractivity contribution in [2.45, 2.75) is 50.3 Å². The van der Waals surface area contributed by atoms with Gasteiger partial charge in [0.05, 0.1) is 5.75 Å². The van der Waals surface area contributed by atoms with Gasteiger partial charge < -0.3 is 5.32 Å². The molecule has 2 N–H and O–H groups in total. The summed E-state index contributed by atoms with van der Waals surface area (Å²) >= 11 is 1.96. The average Bonchev–Trinajstić information content (AvgIpc) is 2.77. The first-order chi connectivity index (χ1) is 9.09. The molecule has 0 aromatic rings. The van der Waals surface area contributed by atoms with Crippen LogP contribution in [0.15, 0.2) is 0 Å². The van der Waals surface area contributed by atoms with Crippen molar-refractivity contribution >= 4 is 21.8 Å². The van der Waals surface area contributed by atoms with Gasteiger partial charge in [0, 0.05) is 11.3 Å². The zero-order valence-corrected chi connectivity index (χ0v) is 13.4. The van der Waals surface area contributed by atoms with Gasteiger partial charge in [0.1, 0.15) is 0 Å². The Morgan fingerprint density at radius 3 is 2.84 bits per heavy atom. The number of hydrogen-bond donors (Lipinski definition) is 2. The van der Waals surface area contributed by atoms with E-state index in [0.717, 1.165) is 50.9 Å². The Kier molecular flexibility index (Phi) is 5.99. The van der Waals surface area contributed by atoms with Crippen LogP contribution < -0.4 is 10.0 Å². The number of nitrogens with one attached hydrogen (secondary N) is 2. The van der Waals surface area contributed by atoms with Crippen LogP contribution in [0.1, 0.15) is 39.0 Å². The van der Waals surface area contributed by atoms with Crippen LogP contribution in [0.2, 0.25) is 0 Å². The molecule has 1 saturated heterocycles. The van der Waals surface area contributed by atoms with Gasteiger partial charge in [-0.05, 0) is 56.9 Å². The lowest BCUT2D eigenvalue weighted by Crippen LogP contribution is -2.40. The third kappa shape index (κ3) is 5.25. The normalized spacial score (nSPS) is 32.6. The average molecular weight is 306 g/mol. The summed E-state index contributed by atoms with van der Waals surface area (Å²) < 4.78 is 27.3. The van der Waals surface area contributed by atoms with Crippen LogP contribution in [0, 0.1) is 5.92 Å². The van der Waals surface area contributed by atoms with Gasteiger partial charge in [0.15, 0.2) is 0 Å². The lowest BCUT2D eigenvalue weighted by atomic mass is 10.0. The maximum atomic E-state index is 12.2. The monoisotopic (exact) mass is 306 g/mol. The molecule has 2 rings (SSSR count). The number of rotatable bonds is 6. The summed E-state index contributed by atoms with van der Waals surface area (Å²) in [4.78, 5) is 0. The summed E-state index contributed by atoms with van der Waals surface area (Å²) in [5, 5.41) is 3.93. The fourth-order valence-electron chi connectivity index (χ4n) is 3.11. The van der Waals surface area contributed by atoms with Crippen LogP contribution >= 0.6 is 11.8 Å². The van der Waals surface area contributed by atoms with Gasteiger partial charge in [-0.1, -0.05) is 6.92 Å². The summed E-state index contributed by atoms with van der Waals surface area (Å²) in [5.74, 6) is 1.70. The summed E-state index contributed by atoms with van der Waals surface area (Å²) in [6, 6.07) is 0.172. The van der Waals surface area contributed by atoms with E-state index in [0.29, 0.717) is 11.0 Å². The van der Waals surface area contributed by atoms with Crippen molar-refractivity contribution in [2.75, 3.05) is 24.6 Å². The van der Waals surface area contributed by atoms with Crippen molar-refractivity contribution in [1.82, 2.24) is 10.0 Å². The molecule has 1 aliphatic heterocycles. The van der Waals surface area contributed by atoms with E-state index in [2.05, 4.69) is 17.0 Å². The zero-order chi connectivity index (χ0) is 13.7. The van der Waals surface area contributed by atoms with Crippen molar-refractivity contribution in [3.63, 3.8) is 0 Å². The highest BCUT2D eigenvalue weighted by molar-refractivity contribution is 7.99. The van der Waals surface area contributed by atoms with E-state index in [1.807, 2.05) is 11.8 Å². The lowest BCUT2D eigenvalue weighted by molar-refractivity contribution is 0.401. The van der Waals surface area contributed by atoms with E-state index in [9.17, 15) is 8.42 Å². The summed E-state index contributed by atoms with van der Waals surface area (Å²) in [6.07, 6.45) is 5.28. The molecule has 3 atom stereocenters. The molecule has 3 unspecified atom stereocenters. The van der Waals surface area contributed by atoms with Crippen molar-refractivity contribution in [2.24, 2.45) is 5.92 Å². The van der Waals surface area contributed by atoms with Gasteiger partial charge in [0.25, 0.3) is 0 Å². The zero-order valence-electron chi connectivity index (χ0n) is 11.7. The number of thioether (sulfide) groups is 1. The van der Waals surface area contributed by atoms with E-state index in [1.165, 1.54) is 0 Å². The molecular formula is C13H26N2O2S2. The molecule has 1 aliphatic carbocycles. The molecule has 1 saturated carbocycles. The van der Waals surface area contributed by atoms with Crippen molar-refractivity contribution in [3.05, 3.63) is 0 Å². The molecule has 0 amide bonds. The second-order valence-electron chi connectivity index (χ2n) is 5.70. The number of sulfonamides is 1. The number of piperidine rings is 1. The van der Waals surface area contributed by atoms with E-state index < -0.39 is 10.0 Å². The minimum absolute atomic E-state index is 0.172. The predicted molar refractivity (Wildman–Crippen MR) is 82.1 cm³/mol. The van der Waals surface area contributed by atoms with Gasteiger partial charge in [-0.2, -0.15) is 11.8 Å². The number of hydrogen-bond acceptors (Lipinski definition) is 4. The molecule has 112 valence electrons. The van der Waals surface area contributed by atoms with Crippen LogP contribution in [-0.4, -0.2) is 44.3 Å². The van der Waals surface area contributed by atoms with Crippen LogP contribution in [0.5, 0.6) is 0 Å². The van der Waals surface area contributed by atoms with Gasteiger partial charge in [0.2, 0.25) is 10.0 Å². The van der Waals surface area contributed by atoms with Crippen LogP contribution in [0.25, 0.3) is 0 Å². The quantitative estimate of drug-likeness (QED) is 0.782. The van der Waals surface area contributed by atoms with Gasteiger partial charge in [-0.25, -0.2) is 13.1 Å². The second-order valence-corrected chi connectivity index (χ2v) is 9.07. The third-order valence-corrected chi connectivity index (χ3v) is 6.82. The Hall–Kier alpha value is 0.220. The molecule has 0 aromatic carbocycles. The largest absolute Gasteiger partial charge is 0.316 e. The maximum absolute atomic E-state index is 12.2. The van der Waals surface area contributed by atoms with Crippen LogP contribution in [0.3, 0.4) is 0 Å². The van der Waals surface area contributed by atoms with Crippen molar-refractivity contribution < 1.29 is 8.42 Å². The molecule has 2 aliphatic rings. The van der Waals surface area contributed by atoms with Gasteiger partial charge in [-0.15, -0.1) is 0 Å². The summed E-state index contributed by atoms with van der Waals surface area (Å²) in [7, 11) is -3.10. The Bertz CT molecular complexity index is 367. The van der Waals surface area contributed by atoms with Gasteiger partial charge >= 0.3 is 0 Å². The first kappa shape index (κ1) is 15.6. The summed E-state index contributed by atoms with van der Waals surface area (Å²) in [5.41, 5.74) is 0. The molecule has 1 heterocycles. The first-order valence-electron chi connectivity index (χ1n) is 7.41. The Morgan fingerprint density at radius 2 is 2.16 bits per heavy atom. The van der Waals surface area contributed by atoms with Gasteiger partial charge in [-0.3, -0.25) is 0 Å². The van der Waals surface area contributed by atoms with Crippen molar-refractivity contribution in [1.29, 1.82) is 0 Å². The topological polar surface area (TPSA) is 58.2 Å². The molecule has 4 nitrogen and oxygen atoms in total.